The summed E-state index contributed by atoms with van der Waals surface area (Å²) in [5.41, 5.74) is -4.09. The molecule has 2 amide bonds. The number of carbonyl (C=O) groups is 4. The summed E-state index contributed by atoms with van der Waals surface area (Å²) in [6.45, 7) is 15.9. The molecule has 0 bridgehead atoms. The minimum absolute atomic E-state index is 0.297. The Balaban J connectivity index is 6.36. The highest BCUT2D eigenvalue weighted by atomic mass is 16.6. The monoisotopic (exact) mass is 490 g/mol. The Kier molecular flexibility index (Phi) is 12.0. The standard InChI is InChI=1S/C23H42N2O9/c1-14(2)31-12-16(24-19(28)33-21(5,6)7)17(26)23(18(27)30-11,13-32-15(3)4)25-20(29)34-22(8,9)10/h14-16H,12-13H2,1-11H3,(H,24,28)(H,25,29)/t16-,23+/m0/s1. The predicted molar refractivity (Wildman–Crippen MR) is 124 cm³/mol. The summed E-state index contributed by atoms with van der Waals surface area (Å²) in [5.74, 6) is -2.01. The second kappa shape index (κ2) is 12.9. The van der Waals surface area contributed by atoms with Crippen molar-refractivity contribution in [3.63, 3.8) is 0 Å². The van der Waals surface area contributed by atoms with E-state index in [0.29, 0.717) is 0 Å². The first kappa shape index (κ1) is 31.6. The molecule has 11 heteroatoms. The van der Waals surface area contributed by atoms with Crippen LogP contribution in [-0.4, -0.2) is 79.3 Å². The maximum Gasteiger partial charge on any atom is 0.408 e. The van der Waals surface area contributed by atoms with E-state index in [1.54, 1.807) is 69.2 Å². The molecule has 0 aromatic rings. The number of hydrogen-bond donors (Lipinski definition) is 2. The van der Waals surface area contributed by atoms with Gasteiger partial charge in [-0.15, -0.1) is 0 Å². The normalized spacial score (nSPS) is 14.7. The lowest BCUT2D eigenvalue weighted by molar-refractivity contribution is -0.158. The number of Topliss-reactive ketones (excluding diaryl/α,β-unsaturated/α-hetero) is 1. The van der Waals surface area contributed by atoms with Crippen LogP contribution in [0, 0.1) is 0 Å². The molecule has 0 aliphatic carbocycles. The van der Waals surface area contributed by atoms with Crippen molar-refractivity contribution in [3.8, 4) is 0 Å². The Labute approximate surface area is 202 Å². The molecule has 0 fully saturated rings. The summed E-state index contributed by atoms with van der Waals surface area (Å²) in [7, 11) is 1.07. The third kappa shape index (κ3) is 11.6. The Morgan fingerprint density at radius 2 is 1.24 bits per heavy atom. The summed E-state index contributed by atoms with van der Waals surface area (Å²) >= 11 is 0. The van der Waals surface area contributed by atoms with Crippen molar-refractivity contribution >= 4 is 23.9 Å². The largest absolute Gasteiger partial charge is 0.467 e. The van der Waals surface area contributed by atoms with Crippen LogP contribution in [0.2, 0.25) is 0 Å². The van der Waals surface area contributed by atoms with Crippen LogP contribution in [0.4, 0.5) is 9.59 Å². The third-order valence-electron chi connectivity index (χ3n) is 3.91. The summed E-state index contributed by atoms with van der Waals surface area (Å²) in [5, 5.41) is 4.76. The fourth-order valence-electron chi connectivity index (χ4n) is 2.54. The van der Waals surface area contributed by atoms with Crippen molar-refractivity contribution in [2.24, 2.45) is 0 Å². The number of hydrogen-bond acceptors (Lipinski definition) is 9. The highest BCUT2D eigenvalue weighted by molar-refractivity contribution is 6.13. The van der Waals surface area contributed by atoms with E-state index in [-0.39, 0.29) is 12.7 Å². The first-order chi connectivity index (χ1) is 15.3. The van der Waals surface area contributed by atoms with E-state index in [0.717, 1.165) is 7.11 Å². The number of rotatable bonds is 11. The molecule has 2 atom stereocenters. The summed E-state index contributed by atoms with van der Waals surface area (Å²) in [6.07, 6.45) is -2.64. The molecule has 34 heavy (non-hydrogen) atoms. The number of nitrogens with one attached hydrogen (secondary N) is 2. The van der Waals surface area contributed by atoms with Crippen molar-refractivity contribution in [1.82, 2.24) is 10.6 Å². The third-order valence-corrected chi connectivity index (χ3v) is 3.91. The van der Waals surface area contributed by atoms with Gasteiger partial charge >= 0.3 is 18.2 Å². The van der Waals surface area contributed by atoms with Gasteiger partial charge in [-0.05, 0) is 69.2 Å². The summed E-state index contributed by atoms with van der Waals surface area (Å²) in [4.78, 5) is 51.9. The van der Waals surface area contributed by atoms with Gasteiger partial charge in [-0.3, -0.25) is 10.1 Å². The van der Waals surface area contributed by atoms with Crippen LogP contribution in [-0.2, 0) is 33.3 Å². The average molecular weight is 491 g/mol. The Bertz CT molecular complexity index is 708. The van der Waals surface area contributed by atoms with Crippen LogP contribution in [0.3, 0.4) is 0 Å². The van der Waals surface area contributed by atoms with E-state index in [2.05, 4.69) is 10.6 Å². The zero-order chi connectivity index (χ0) is 26.9. The lowest BCUT2D eigenvalue weighted by atomic mass is 9.89. The Morgan fingerprint density at radius 3 is 1.65 bits per heavy atom. The van der Waals surface area contributed by atoms with Gasteiger partial charge in [0.15, 0.2) is 5.78 Å². The molecule has 11 nitrogen and oxygen atoms in total. The first-order valence-corrected chi connectivity index (χ1v) is 11.2. The molecule has 2 N–H and O–H groups in total. The molecule has 198 valence electrons. The molecule has 0 saturated carbocycles. The fourth-order valence-corrected chi connectivity index (χ4v) is 2.54. The number of alkyl carbamates (subject to hydrolysis) is 2. The average Bonchev–Trinajstić information content (AvgIpc) is 2.64. The predicted octanol–water partition coefficient (Wildman–Crippen LogP) is 2.74. The first-order valence-electron chi connectivity index (χ1n) is 11.2. The van der Waals surface area contributed by atoms with Gasteiger partial charge in [0.25, 0.3) is 0 Å². The fraction of sp³-hybridized carbons (Fsp3) is 0.826. The van der Waals surface area contributed by atoms with Gasteiger partial charge in [-0.1, -0.05) is 0 Å². The smallest absolute Gasteiger partial charge is 0.408 e. The number of methoxy groups -OCH3 is 1. The highest BCUT2D eigenvalue weighted by Crippen LogP contribution is 2.18. The lowest BCUT2D eigenvalue weighted by Gasteiger charge is -2.35. The van der Waals surface area contributed by atoms with Gasteiger partial charge in [0.2, 0.25) is 5.54 Å². The van der Waals surface area contributed by atoms with Gasteiger partial charge in [-0.25, -0.2) is 14.4 Å². The van der Waals surface area contributed by atoms with Crippen molar-refractivity contribution < 1.29 is 42.9 Å². The van der Waals surface area contributed by atoms with Crippen molar-refractivity contribution in [2.45, 2.75) is 104 Å². The van der Waals surface area contributed by atoms with Gasteiger partial charge in [-0.2, -0.15) is 0 Å². The molecule has 0 aromatic heterocycles. The molecule has 0 aliphatic heterocycles. The molecule has 0 aromatic carbocycles. The zero-order valence-corrected chi connectivity index (χ0v) is 22.3. The van der Waals surface area contributed by atoms with Crippen LogP contribution in [0.1, 0.15) is 69.2 Å². The Hall–Kier alpha value is -2.40. The van der Waals surface area contributed by atoms with Crippen LogP contribution in [0.25, 0.3) is 0 Å². The molecular formula is C23H42N2O9. The molecule has 0 heterocycles. The maximum atomic E-state index is 13.8. The second-order valence-corrected chi connectivity index (χ2v) is 10.3. The lowest BCUT2D eigenvalue weighted by Crippen LogP contribution is -2.69. The van der Waals surface area contributed by atoms with E-state index in [1.165, 1.54) is 0 Å². The molecule has 0 unspecified atom stereocenters. The number of carbonyl (C=O) groups excluding carboxylic acids is 4. The molecule has 0 saturated heterocycles. The zero-order valence-electron chi connectivity index (χ0n) is 22.3. The number of ether oxygens (including phenoxy) is 5. The summed E-state index contributed by atoms with van der Waals surface area (Å²) in [6, 6.07) is -1.39. The Morgan fingerprint density at radius 1 is 0.765 bits per heavy atom. The van der Waals surface area contributed by atoms with Gasteiger partial charge in [0.1, 0.15) is 17.2 Å². The molecule has 0 rings (SSSR count). The van der Waals surface area contributed by atoms with Gasteiger partial charge in [0, 0.05) is 0 Å². The minimum Gasteiger partial charge on any atom is -0.467 e. The SMILES string of the molecule is COC(=O)[C@](COC(C)C)(NC(=O)OC(C)(C)C)C(=O)[C@H](COC(C)C)NC(=O)OC(C)(C)C. The van der Waals surface area contributed by atoms with Crippen LogP contribution in [0.15, 0.2) is 0 Å². The molecule has 0 spiro atoms. The number of esters is 1. The van der Waals surface area contributed by atoms with Crippen molar-refractivity contribution in [1.29, 1.82) is 0 Å². The van der Waals surface area contributed by atoms with E-state index in [9.17, 15) is 19.2 Å². The number of amides is 2. The van der Waals surface area contributed by atoms with E-state index in [1.807, 2.05) is 0 Å². The van der Waals surface area contributed by atoms with Gasteiger partial charge < -0.3 is 29.0 Å². The van der Waals surface area contributed by atoms with Crippen LogP contribution >= 0.6 is 0 Å². The van der Waals surface area contributed by atoms with Crippen molar-refractivity contribution in [2.75, 3.05) is 20.3 Å². The van der Waals surface area contributed by atoms with Crippen LogP contribution in [0.5, 0.6) is 0 Å². The van der Waals surface area contributed by atoms with Crippen molar-refractivity contribution in [3.05, 3.63) is 0 Å². The molecule has 0 radical (unpaired) electrons. The summed E-state index contributed by atoms with van der Waals surface area (Å²) < 4.78 is 26.5. The van der Waals surface area contributed by atoms with E-state index >= 15 is 0 Å². The topological polar surface area (TPSA) is 138 Å². The quantitative estimate of drug-likeness (QED) is 0.254. The highest BCUT2D eigenvalue weighted by Gasteiger charge is 2.53. The van der Waals surface area contributed by atoms with E-state index < -0.39 is 59.4 Å². The minimum atomic E-state index is -2.33. The van der Waals surface area contributed by atoms with E-state index in [4.69, 9.17) is 23.7 Å². The second-order valence-electron chi connectivity index (χ2n) is 10.3. The molecule has 0 aliphatic rings. The van der Waals surface area contributed by atoms with Crippen LogP contribution < -0.4 is 10.6 Å². The molecular weight excluding hydrogens is 448 g/mol. The maximum absolute atomic E-state index is 13.8. The van der Waals surface area contributed by atoms with Gasteiger partial charge in [0.05, 0.1) is 32.5 Å². The number of ketones is 1.